The van der Waals surface area contributed by atoms with Crippen LogP contribution in [0, 0.1) is 18.3 Å². The minimum Gasteiger partial charge on any atom is -0.322 e. The standard InChI is InChI=1S/C15H10Cl2N4/c1-9-19-15-14(5-4-12(7-18)20-15)21(9)8-10-2-3-11(16)6-13(10)17/h2-6H,8H2,1H3. The first-order chi connectivity index (χ1) is 10.1. The van der Waals surface area contributed by atoms with Gasteiger partial charge in [-0.3, -0.25) is 0 Å². The molecule has 6 heteroatoms. The lowest BCUT2D eigenvalue weighted by molar-refractivity contribution is 0.786. The summed E-state index contributed by atoms with van der Waals surface area (Å²) in [5.74, 6) is 0.818. The Morgan fingerprint density at radius 1 is 1.19 bits per heavy atom. The predicted molar refractivity (Wildman–Crippen MR) is 82.5 cm³/mol. The van der Waals surface area contributed by atoms with E-state index in [4.69, 9.17) is 28.5 Å². The largest absolute Gasteiger partial charge is 0.322 e. The summed E-state index contributed by atoms with van der Waals surface area (Å²) >= 11 is 12.1. The highest BCUT2D eigenvalue weighted by atomic mass is 35.5. The van der Waals surface area contributed by atoms with Crippen LogP contribution in [0.3, 0.4) is 0 Å². The van der Waals surface area contributed by atoms with E-state index in [9.17, 15) is 0 Å². The van der Waals surface area contributed by atoms with Crippen molar-refractivity contribution in [2.24, 2.45) is 0 Å². The number of hydrogen-bond acceptors (Lipinski definition) is 3. The molecule has 0 bridgehead atoms. The number of aromatic nitrogens is 3. The van der Waals surface area contributed by atoms with Crippen molar-refractivity contribution in [2.75, 3.05) is 0 Å². The van der Waals surface area contributed by atoms with Gasteiger partial charge >= 0.3 is 0 Å². The number of hydrogen-bond donors (Lipinski definition) is 0. The van der Waals surface area contributed by atoms with Crippen molar-refractivity contribution in [3.05, 3.63) is 57.5 Å². The van der Waals surface area contributed by atoms with Crippen LogP contribution in [0.1, 0.15) is 17.1 Å². The molecular formula is C15H10Cl2N4. The SMILES string of the molecule is Cc1nc2nc(C#N)ccc2n1Cc1ccc(Cl)cc1Cl. The van der Waals surface area contributed by atoms with Crippen molar-refractivity contribution in [3.63, 3.8) is 0 Å². The maximum Gasteiger partial charge on any atom is 0.179 e. The molecule has 0 amide bonds. The van der Waals surface area contributed by atoms with Crippen LogP contribution in [-0.4, -0.2) is 14.5 Å². The Morgan fingerprint density at radius 2 is 2.00 bits per heavy atom. The van der Waals surface area contributed by atoms with E-state index in [2.05, 4.69) is 9.97 Å². The van der Waals surface area contributed by atoms with Crippen LogP contribution in [0.5, 0.6) is 0 Å². The number of fused-ring (bicyclic) bond motifs is 1. The lowest BCUT2D eigenvalue weighted by Crippen LogP contribution is -2.02. The molecule has 0 saturated carbocycles. The van der Waals surface area contributed by atoms with Gasteiger partial charge in [0.05, 0.1) is 12.1 Å². The van der Waals surface area contributed by atoms with Crippen molar-refractivity contribution in [3.8, 4) is 6.07 Å². The van der Waals surface area contributed by atoms with E-state index in [1.165, 1.54) is 0 Å². The van der Waals surface area contributed by atoms with Crippen molar-refractivity contribution >= 4 is 34.4 Å². The molecule has 1 aromatic carbocycles. The van der Waals surface area contributed by atoms with Crippen LogP contribution in [0.15, 0.2) is 30.3 Å². The van der Waals surface area contributed by atoms with Crippen molar-refractivity contribution in [1.82, 2.24) is 14.5 Å². The number of pyridine rings is 1. The molecule has 21 heavy (non-hydrogen) atoms. The maximum atomic E-state index is 8.89. The van der Waals surface area contributed by atoms with Gasteiger partial charge in [-0.25, -0.2) is 9.97 Å². The van der Waals surface area contributed by atoms with Crippen LogP contribution in [0.25, 0.3) is 11.2 Å². The molecule has 0 unspecified atom stereocenters. The van der Waals surface area contributed by atoms with Crippen LogP contribution in [-0.2, 0) is 6.54 Å². The van der Waals surface area contributed by atoms with Crippen LogP contribution >= 0.6 is 23.2 Å². The summed E-state index contributed by atoms with van der Waals surface area (Å²) in [5.41, 5.74) is 2.75. The molecule has 0 radical (unpaired) electrons. The van der Waals surface area contributed by atoms with Crippen LogP contribution < -0.4 is 0 Å². The molecule has 0 aliphatic carbocycles. The third-order valence-electron chi connectivity index (χ3n) is 3.26. The minimum absolute atomic E-state index is 0.358. The molecule has 0 fully saturated rings. The van der Waals surface area contributed by atoms with Crippen LogP contribution in [0.4, 0.5) is 0 Å². The molecule has 0 spiro atoms. The Morgan fingerprint density at radius 3 is 2.71 bits per heavy atom. The first-order valence-electron chi connectivity index (χ1n) is 6.26. The molecule has 0 aliphatic rings. The molecule has 0 aliphatic heterocycles. The highest BCUT2D eigenvalue weighted by Gasteiger charge is 2.11. The lowest BCUT2D eigenvalue weighted by Gasteiger charge is -2.09. The third-order valence-corrected chi connectivity index (χ3v) is 3.85. The number of nitriles is 1. The van der Waals surface area contributed by atoms with Crippen molar-refractivity contribution < 1.29 is 0 Å². The highest BCUT2D eigenvalue weighted by molar-refractivity contribution is 6.35. The zero-order valence-electron chi connectivity index (χ0n) is 11.1. The van der Waals surface area contributed by atoms with Crippen molar-refractivity contribution in [1.29, 1.82) is 5.26 Å². The van der Waals surface area contributed by atoms with E-state index in [0.29, 0.717) is 27.9 Å². The molecule has 0 atom stereocenters. The van der Waals surface area contributed by atoms with E-state index in [0.717, 1.165) is 16.9 Å². The van der Waals surface area contributed by atoms with E-state index in [1.54, 1.807) is 12.1 Å². The second kappa shape index (κ2) is 5.36. The average molecular weight is 317 g/mol. The second-order valence-corrected chi connectivity index (χ2v) is 5.48. The summed E-state index contributed by atoms with van der Waals surface area (Å²) in [6.07, 6.45) is 0. The molecule has 104 valence electrons. The summed E-state index contributed by atoms with van der Waals surface area (Å²) in [5, 5.41) is 10.1. The summed E-state index contributed by atoms with van der Waals surface area (Å²) in [6.45, 7) is 2.48. The molecule has 3 aromatic rings. The number of aryl methyl sites for hydroxylation is 1. The zero-order valence-corrected chi connectivity index (χ0v) is 12.7. The topological polar surface area (TPSA) is 54.5 Å². The van der Waals surface area contributed by atoms with Gasteiger partial charge in [0.1, 0.15) is 17.6 Å². The van der Waals surface area contributed by atoms with Gasteiger partial charge in [-0.2, -0.15) is 5.26 Å². The number of nitrogens with zero attached hydrogens (tertiary/aromatic N) is 4. The first kappa shape index (κ1) is 13.9. The van der Waals surface area contributed by atoms with Gasteiger partial charge in [0.25, 0.3) is 0 Å². The molecular weight excluding hydrogens is 307 g/mol. The Bertz CT molecular complexity index is 877. The number of imidazole rings is 1. The Kier molecular flexibility index (Phi) is 3.54. The molecule has 0 N–H and O–H groups in total. The average Bonchev–Trinajstić information content (AvgIpc) is 2.77. The molecule has 4 nitrogen and oxygen atoms in total. The first-order valence-corrected chi connectivity index (χ1v) is 7.02. The molecule has 2 aromatic heterocycles. The lowest BCUT2D eigenvalue weighted by atomic mass is 10.2. The fourth-order valence-electron chi connectivity index (χ4n) is 2.20. The maximum absolute atomic E-state index is 8.89. The van der Waals surface area contributed by atoms with Gasteiger partial charge in [-0.15, -0.1) is 0 Å². The minimum atomic E-state index is 0.358. The highest BCUT2D eigenvalue weighted by Crippen LogP contribution is 2.24. The Hall–Kier alpha value is -2.09. The smallest absolute Gasteiger partial charge is 0.179 e. The van der Waals surface area contributed by atoms with Gasteiger partial charge < -0.3 is 4.57 Å². The number of rotatable bonds is 2. The number of benzene rings is 1. The normalized spacial score (nSPS) is 10.8. The van der Waals surface area contributed by atoms with Gasteiger partial charge in [0.2, 0.25) is 0 Å². The van der Waals surface area contributed by atoms with E-state index < -0.39 is 0 Å². The van der Waals surface area contributed by atoms with Gasteiger partial charge in [0, 0.05) is 10.0 Å². The summed E-state index contributed by atoms with van der Waals surface area (Å²) in [7, 11) is 0. The van der Waals surface area contributed by atoms with Gasteiger partial charge in [0.15, 0.2) is 5.65 Å². The monoisotopic (exact) mass is 316 g/mol. The van der Waals surface area contributed by atoms with E-state index >= 15 is 0 Å². The predicted octanol–water partition coefficient (Wildman–Crippen LogP) is 3.97. The van der Waals surface area contributed by atoms with E-state index in [-0.39, 0.29) is 0 Å². The second-order valence-electron chi connectivity index (χ2n) is 4.63. The Labute approximate surface area is 131 Å². The molecule has 0 saturated heterocycles. The van der Waals surface area contributed by atoms with Crippen LogP contribution in [0.2, 0.25) is 10.0 Å². The van der Waals surface area contributed by atoms with Crippen molar-refractivity contribution in [2.45, 2.75) is 13.5 Å². The zero-order chi connectivity index (χ0) is 15.0. The Balaban J connectivity index is 2.08. The molecule has 2 heterocycles. The van der Waals surface area contributed by atoms with Gasteiger partial charge in [-0.1, -0.05) is 29.3 Å². The summed E-state index contributed by atoms with van der Waals surface area (Å²) in [4.78, 5) is 8.60. The fraction of sp³-hybridized carbons (Fsp3) is 0.133. The fourth-order valence-corrected chi connectivity index (χ4v) is 2.67. The number of halogens is 2. The third kappa shape index (κ3) is 2.58. The molecule has 3 rings (SSSR count). The quantitative estimate of drug-likeness (QED) is 0.719. The summed E-state index contributed by atoms with van der Waals surface area (Å²) < 4.78 is 2.01. The van der Waals surface area contributed by atoms with E-state index in [1.807, 2.05) is 35.8 Å². The van der Waals surface area contributed by atoms with Gasteiger partial charge in [-0.05, 0) is 36.8 Å². The summed E-state index contributed by atoms with van der Waals surface area (Å²) in [6, 6.07) is 11.0.